The summed E-state index contributed by atoms with van der Waals surface area (Å²) in [7, 11) is 3.02. The van der Waals surface area contributed by atoms with Crippen molar-refractivity contribution in [2.75, 3.05) is 5.32 Å². The maximum Gasteiger partial charge on any atom is 0.330 e. The number of amides is 1. The first-order chi connectivity index (χ1) is 14.6. The number of carbonyl (C=O) groups is 1. The average Bonchev–Trinajstić information content (AvgIpc) is 2.74. The number of hydrogen-bond acceptors (Lipinski definition) is 4. The molecule has 0 fully saturated rings. The summed E-state index contributed by atoms with van der Waals surface area (Å²) in [6.07, 6.45) is 0. The van der Waals surface area contributed by atoms with Gasteiger partial charge in [-0.05, 0) is 47.4 Å². The molecule has 31 heavy (non-hydrogen) atoms. The van der Waals surface area contributed by atoms with Gasteiger partial charge in [0.2, 0.25) is 0 Å². The summed E-state index contributed by atoms with van der Waals surface area (Å²) in [6, 6.07) is 15.9. The van der Waals surface area contributed by atoms with Gasteiger partial charge >= 0.3 is 5.69 Å². The van der Waals surface area contributed by atoms with Crippen LogP contribution in [0.5, 0.6) is 5.75 Å². The molecule has 0 aliphatic rings. The molecule has 0 bridgehead atoms. The van der Waals surface area contributed by atoms with Gasteiger partial charge in [-0.2, -0.15) is 0 Å². The van der Waals surface area contributed by atoms with Crippen LogP contribution in [-0.4, -0.2) is 15.0 Å². The van der Waals surface area contributed by atoms with Crippen molar-refractivity contribution in [2.24, 2.45) is 14.1 Å². The SMILES string of the molecule is Cn1c(COc2ccc(NC(=O)c3ccc(C(C)(C)C)cc3)cc2)cc(=O)n(C)c1=O. The van der Waals surface area contributed by atoms with E-state index < -0.39 is 5.69 Å². The second-order valence-electron chi connectivity index (χ2n) is 8.47. The highest BCUT2D eigenvalue weighted by atomic mass is 16.5. The molecule has 2 aromatic carbocycles. The number of anilines is 1. The third-order valence-electron chi connectivity index (χ3n) is 5.14. The lowest BCUT2D eigenvalue weighted by molar-refractivity contribution is 0.102. The summed E-state index contributed by atoms with van der Waals surface area (Å²) in [4.78, 5) is 36.3. The topological polar surface area (TPSA) is 82.3 Å². The number of hydrogen-bond donors (Lipinski definition) is 1. The number of benzene rings is 2. The van der Waals surface area contributed by atoms with Crippen molar-refractivity contribution in [2.45, 2.75) is 32.8 Å². The Morgan fingerprint density at radius 1 is 0.935 bits per heavy atom. The minimum Gasteiger partial charge on any atom is -0.487 e. The van der Waals surface area contributed by atoms with E-state index in [4.69, 9.17) is 4.74 Å². The Kier molecular flexibility index (Phi) is 6.15. The Morgan fingerprint density at radius 3 is 2.13 bits per heavy atom. The number of rotatable bonds is 5. The van der Waals surface area contributed by atoms with E-state index in [1.807, 2.05) is 24.3 Å². The standard InChI is InChI=1S/C24H27N3O4/c1-24(2,3)17-8-6-16(7-9-17)22(29)25-18-10-12-20(13-11-18)31-15-19-14-21(28)27(5)23(30)26(19)4/h6-14H,15H2,1-5H3,(H,25,29). The number of aromatic nitrogens is 2. The summed E-state index contributed by atoms with van der Waals surface area (Å²) >= 11 is 0. The highest BCUT2D eigenvalue weighted by Gasteiger charge is 2.14. The molecule has 3 rings (SSSR count). The van der Waals surface area contributed by atoms with E-state index in [1.165, 1.54) is 23.2 Å². The minimum absolute atomic E-state index is 0.0316. The van der Waals surface area contributed by atoms with Gasteiger partial charge in [0.1, 0.15) is 12.4 Å². The van der Waals surface area contributed by atoms with Crippen molar-refractivity contribution in [1.29, 1.82) is 0 Å². The van der Waals surface area contributed by atoms with E-state index >= 15 is 0 Å². The number of ether oxygens (including phenoxy) is 1. The molecule has 3 aromatic rings. The second kappa shape index (κ2) is 8.63. The molecular weight excluding hydrogens is 394 g/mol. The molecule has 0 saturated carbocycles. The Balaban J connectivity index is 1.64. The molecule has 1 aromatic heterocycles. The Hall–Kier alpha value is -3.61. The lowest BCUT2D eigenvalue weighted by atomic mass is 9.87. The van der Waals surface area contributed by atoms with Crippen LogP contribution in [-0.2, 0) is 26.1 Å². The van der Waals surface area contributed by atoms with Crippen LogP contribution >= 0.6 is 0 Å². The molecular formula is C24H27N3O4. The van der Waals surface area contributed by atoms with Gasteiger partial charge in [-0.1, -0.05) is 32.9 Å². The largest absolute Gasteiger partial charge is 0.487 e. The zero-order chi connectivity index (χ0) is 22.8. The molecule has 1 N–H and O–H groups in total. The Bertz CT molecular complexity index is 1200. The fraction of sp³-hybridized carbons (Fsp3) is 0.292. The first-order valence-electron chi connectivity index (χ1n) is 9.97. The van der Waals surface area contributed by atoms with Crippen LogP contribution in [0.1, 0.15) is 42.4 Å². The maximum absolute atomic E-state index is 12.5. The fourth-order valence-electron chi connectivity index (χ4n) is 3.03. The molecule has 0 radical (unpaired) electrons. The van der Waals surface area contributed by atoms with Crippen molar-refractivity contribution in [3.8, 4) is 5.75 Å². The zero-order valence-electron chi connectivity index (χ0n) is 18.4. The number of nitrogens with one attached hydrogen (secondary N) is 1. The highest BCUT2D eigenvalue weighted by molar-refractivity contribution is 6.04. The van der Waals surface area contributed by atoms with Gasteiger partial charge in [-0.25, -0.2) is 4.79 Å². The highest BCUT2D eigenvalue weighted by Crippen LogP contribution is 2.23. The predicted octanol–water partition coefficient (Wildman–Crippen LogP) is 3.21. The second-order valence-corrected chi connectivity index (χ2v) is 8.47. The van der Waals surface area contributed by atoms with E-state index in [2.05, 4.69) is 26.1 Å². The summed E-state index contributed by atoms with van der Waals surface area (Å²) in [6.45, 7) is 6.46. The number of nitrogens with zero attached hydrogens (tertiary/aromatic N) is 2. The third kappa shape index (κ3) is 5.12. The molecule has 0 spiro atoms. The van der Waals surface area contributed by atoms with Crippen LogP contribution in [0.2, 0.25) is 0 Å². The van der Waals surface area contributed by atoms with Gasteiger partial charge in [0.15, 0.2) is 0 Å². The summed E-state index contributed by atoms with van der Waals surface area (Å²) in [5.74, 6) is 0.366. The molecule has 1 heterocycles. The summed E-state index contributed by atoms with van der Waals surface area (Å²) in [5.41, 5.74) is 2.11. The van der Waals surface area contributed by atoms with E-state index in [9.17, 15) is 14.4 Å². The minimum atomic E-state index is -0.403. The molecule has 0 unspecified atom stereocenters. The van der Waals surface area contributed by atoms with Crippen LogP contribution in [0.4, 0.5) is 5.69 Å². The van der Waals surface area contributed by atoms with Crippen molar-refractivity contribution < 1.29 is 9.53 Å². The molecule has 0 saturated heterocycles. The molecule has 162 valence electrons. The van der Waals surface area contributed by atoms with Gasteiger partial charge in [-0.3, -0.25) is 18.7 Å². The predicted molar refractivity (Wildman–Crippen MR) is 121 cm³/mol. The van der Waals surface area contributed by atoms with E-state index in [0.29, 0.717) is 22.7 Å². The van der Waals surface area contributed by atoms with E-state index in [1.54, 1.807) is 31.3 Å². The normalized spacial score (nSPS) is 11.3. The monoisotopic (exact) mass is 421 g/mol. The first-order valence-corrected chi connectivity index (χ1v) is 9.97. The van der Waals surface area contributed by atoms with Gasteiger partial charge in [0.05, 0.1) is 5.69 Å². The van der Waals surface area contributed by atoms with Crippen LogP contribution < -0.4 is 21.3 Å². The summed E-state index contributed by atoms with van der Waals surface area (Å²) < 4.78 is 8.11. The molecule has 0 atom stereocenters. The van der Waals surface area contributed by atoms with Crippen molar-refractivity contribution in [3.63, 3.8) is 0 Å². The quantitative estimate of drug-likeness (QED) is 0.686. The van der Waals surface area contributed by atoms with Gasteiger partial charge < -0.3 is 10.1 Å². The van der Waals surface area contributed by atoms with Crippen LogP contribution in [0, 0.1) is 0 Å². The average molecular weight is 421 g/mol. The van der Waals surface area contributed by atoms with Crippen LogP contribution in [0.25, 0.3) is 0 Å². The lowest BCUT2D eigenvalue weighted by Gasteiger charge is -2.19. The zero-order valence-corrected chi connectivity index (χ0v) is 18.4. The lowest BCUT2D eigenvalue weighted by Crippen LogP contribution is -2.38. The first kappa shape index (κ1) is 22.1. The Labute approximate surface area is 180 Å². The van der Waals surface area contributed by atoms with E-state index in [-0.39, 0.29) is 23.5 Å². The third-order valence-corrected chi connectivity index (χ3v) is 5.14. The van der Waals surface area contributed by atoms with Crippen molar-refractivity contribution >= 4 is 11.6 Å². The smallest absolute Gasteiger partial charge is 0.330 e. The van der Waals surface area contributed by atoms with Crippen LogP contribution in [0.3, 0.4) is 0 Å². The number of carbonyl (C=O) groups excluding carboxylic acids is 1. The molecule has 1 amide bonds. The van der Waals surface area contributed by atoms with Gasteiger partial charge in [0, 0.05) is 31.4 Å². The summed E-state index contributed by atoms with van der Waals surface area (Å²) in [5, 5.41) is 2.86. The Morgan fingerprint density at radius 2 is 1.55 bits per heavy atom. The maximum atomic E-state index is 12.5. The van der Waals surface area contributed by atoms with Crippen molar-refractivity contribution in [1.82, 2.24) is 9.13 Å². The van der Waals surface area contributed by atoms with E-state index in [0.717, 1.165) is 4.57 Å². The molecule has 0 aliphatic carbocycles. The van der Waals surface area contributed by atoms with Crippen LogP contribution in [0.15, 0.2) is 64.2 Å². The van der Waals surface area contributed by atoms with Crippen molar-refractivity contribution in [3.05, 3.63) is 92.3 Å². The van der Waals surface area contributed by atoms with Gasteiger partial charge in [-0.15, -0.1) is 0 Å². The molecule has 7 heteroatoms. The molecule has 7 nitrogen and oxygen atoms in total. The van der Waals surface area contributed by atoms with Gasteiger partial charge in [0.25, 0.3) is 11.5 Å². The fourth-order valence-corrected chi connectivity index (χ4v) is 3.03. The molecule has 0 aliphatic heterocycles.